The van der Waals surface area contributed by atoms with E-state index in [1.165, 1.54) is 10.6 Å². The number of ether oxygens (including phenoxy) is 1. The zero-order valence-electron chi connectivity index (χ0n) is 18.3. The number of carbonyl (C=O) groups is 2. The first-order valence-corrected chi connectivity index (χ1v) is 9.66. The van der Waals surface area contributed by atoms with Crippen LogP contribution in [0.4, 0.5) is 10.5 Å². The molecule has 33 heavy (non-hydrogen) atoms. The number of benzene rings is 2. The van der Waals surface area contributed by atoms with Gasteiger partial charge >= 0.3 is 35.7 Å². The SMILES string of the molecule is CC(C)(C)OC(=O)Nc1ccc2nc3n(c(=O)c2c1)-c1ccc(-c2nn[n-]n2)cc1C3=O.[Na+]. The normalized spacial score (nSPS) is 12.2. The second kappa shape index (κ2) is 8.18. The Bertz CT molecular complexity index is 1470. The first-order chi connectivity index (χ1) is 15.2. The standard InChI is InChI=1S/C21H17N7O4.Na/c1-21(2,3)32-20(31)22-11-5-6-14-12(9-11)19(30)28-15-7-4-10(17-24-26-27-25-17)8-13(15)16(29)18(28)23-14;/h4-9H,1-3H3,(H2,22,24,25,26,27,29,31);/q;+1/p-1. The number of fused-ring (bicyclic) bond motifs is 4. The fourth-order valence-electron chi connectivity index (χ4n) is 3.49. The minimum absolute atomic E-state index is 0. The molecule has 0 fully saturated rings. The van der Waals surface area contributed by atoms with Gasteiger partial charge in [-0.15, -0.1) is 0 Å². The number of anilines is 1. The maximum absolute atomic E-state index is 13.3. The maximum atomic E-state index is 13.3. The number of tetrazole rings is 1. The Labute approximate surface area is 208 Å². The van der Waals surface area contributed by atoms with Gasteiger partial charge in [0, 0.05) is 5.69 Å². The number of carbonyl (C=O) groups excluding carboxylic acids is 2. The molecule has 0 spiro atoms. The van der Waals surface area contributed by atoms with Crippen LogP contribution in [0.2, 0.25) is 0 Å². The van der Waals surface area contributed by atoms with Crippen LogP contribution >= 0.6 is 0 Å². The Balaban J connectivity index is 0.00000259. The number of hydrogen-bond acceptors (Lipinski definition) is 8. The van der Waals surface area contributed by atoms with E-state index >= 15 is 0 Å². The van der Waals surface area contributed by atoms with Crippen LogP contribution in [-0.2, 0) is 4.74 Å². The summed E-state index contributed by atoms with van der Waals surface area (Å²) >= 11 is 0. The number of ketones is 1. The van der Waals surface area contributed by atoms with E-state index in [1.54, 1.807) is 51.1 Å². The summed E-state index contributed by atoms with van der Waals surface area (Å²) in [7, 11) is 0. The molecule has 0 atom stereocenters. The smallest absolute Gasteiger partial charge is 0.444 e. The predicted octanol–water partition coefficient (Wildman–Crippen LogP) is -0.910. The zero-order chi connectivity index (χ0) is 22.6. The fraction of sp³-hybridized carbons (Fsp3) is 0.190. The third-order valence-electron chi connectivity index (χ3n) is 4.78. The van der Waals surface area contributed by atoms with Gasteiger partial charge in [-0.3, -0.25) is 29.9 Å². The molecule has 0 unspecified atom stereocenters. The van der Waals surface area contributed by atoms with Crippen molar-refractivity contribution in [3.05, 3.63) is 58.1 Å². The van der Waals surface area contributed by atoms with E-state index in [4.69, 9.17) is 4.74 Å². The van der Waals surface area contributed by atoms with Gasteiger partial charge in [-0.2, -0.15) is 0 Å². The summed E-state index contributed by atoms with van der Waals surface area (Å²) in [6.45, 7) is 5.26. The Morgan fingerprint density at radius 2 is 1.91 bits per heavy atom. The van der Waals surface area contributed by atoms with Crippen molar-refractivity contribution < 1.29 is 43.9 Å². The molecule has 2 aromatic heterocycles. The largest absolute Gasteiger partial charge is 1.00 e. The van der Waals surface area contributed by atoms with Crippen LogP contribution in [0.15, 0.2) is 41.2 Å². The van der Waals surface area contributed by atoms with Crippen molar-refractivity contribution in [1.29, 1.82) is 0 Å². The van der Waals surface area contributed by atoms with Crippen LogP contribution < -0.4 is 45.6 Å². The molecule has 11 nitrogen and oxygen atoms in total. The summed E-state index contributed by atoms with van der Waals surface area (Å²) in [4.78, 5) is 42.7. The first kappa shape index (κ1) is 22.8. The van der Waals surface area contributed by atoms with E-state index in [1.807, 2.05) is 0 Å². The Morgan fingerprint density at radius 1 is 1.12 bits per heavy atom. The van der Waals surface area contributed by atoms with Crippen molar-refractivity contribution in [3.8, 4) is 17.1 Å². The maximum Gasteiger partial charge on any atom is 1.00 e. The van der Waals surface area contributed by atoms with Crippen LogP contribution in [0.3, 0.4) is 0 Å². The molecule has 1 amide bonds. The molecule has 5 rings (SSSR count). The number of rotatable bonds is 2. The van der Waals surface area contributed by atoms with Crippen LogP contribution in [0.5, 0.6) is 0 Å². The number of aromatic nitrogens is 6. The molecule has 12 heteroatoms. The summed E-state index contributed by atoms with van der Waals surface area (Å²) in [5.74, 6) is -0.0914. The number of hydrogen-bond donors (Lipinski definition) is 1. The zero-order valence-corrected chi connectivity index (χ0v) is 20.3. The van der Waals surface area contributed by atoms with Gasteiger partial charge in [0.05, 0.1) is 28.0 Å². The van der Waals surface area contributed by atoms with E-state index < -0.39 is 17.3 Å². The fourth-order valence-corrected chi connectivity index (χ4v) is 3.49. The quantitative estimate of drug-likeness (QED) is 0.336. The van der Waals surface area contributed by atoms with Crippen molar-refractivity contribution in [2.75, 3.05) is 5.32 Å². The topological polar surface area (TPSA) is 143 Å². The Hall–Kier alpha value is -3.41. The van der Waals surface area contributed by atoms with Crippen molar-refractivity contribution in [3.63, 3.8) is 0 Å². The summed E-state index contributed by atoms with van der Waals surface area (Å²) in [6.07, 6.45) is -0.641. The Morgan fingerprint density at radius 3 is 2.61 bits per heavy atom. The molecule has 4 aromatic rings. The molecular formula is C21H16N7NaO4. The monoisotopic (exact) mass is 453 g/mol. The molecule has 0 radical (unpaired) electrons. The minimum atomic E-state index is -0.661. The molecule has 1 aliphatic heterocycles. The number of nitrogens with zero attached hydrogens (tertiary/aromatic N) is 6. The van der Waals surface area contributed by atoms with Crippen molar-refractivity contribution in [1.82, 2.24) is 30.2 Å². The number of amides is 1. The molecule has 3 heterocycles. The molecule has 2 aromatic carbocycles. The van der Waals surface area contributed by atoms with Gasteiger partial charge < -0.3 is 9.84 Å². The van der Waals surface area contributed by atoms with Gasteiger partial charge in [-0.05, 0) is 56.7 Å². The molecule has 160 valence electrons. The first-order valence-electron chi connectivity index (χ1n) is 9.66. The van der Waals surface area contributed by atoms with Gasteiger partial charge in [0.1, 0.15) is 5.60 Å². The number of nitrogens with one attached hydrogen (secondary N) is 1. The molecule has 1 aliphatic rings. The molecular weight excluding hydrogens is 437 g/mol. The van der Waals surface area contributed by atoms with E-state index in [9.17, 15) is 14.4 Å². The summed E-state index contributed by atoms with van der Waals surface area (Å²) in [5, 5.41) is 17.3. The van der Waals surface area contributed by atoms with Crippen LogP contribution in [0, 0.1) is 0 Å². The van der Waals surface area contributed by atoms with Crippen molar-refractivity contribution in [2.24, 2.45) is 0 Å². The van der Waals surface area contributed by atoms with Crippen LogP contribution in [0.1, 0.15) is 37.0 Å². The van der Waals surface area contributed by atoms with Gasteiger partial charge in [0.2, 0.25) is 5.78 Å². The minimum Gasteiger partial charge on any atom is -0.444 e. The third-order valence-corrected chi connectivity index (χ3v) is 4.78. The summed E-state index contributed by atoms with van der Waals surface area (Å²) < 4.78 is 6.51. The predicted molar refractivity (Wildman–Crippen MR) is 113 cm³/mol. The van der Waals surface area contributed by atoms with Gasteiger partial charge in [-0.25, -0.2) is 14.9 Å². The van der Waals surface area contributed by atoms with Crippen molar-refractivity contribution >= 4 is 28.5 Å². The molecule has 0 bridgehead atoms. The van der Waals surface area contributed by atoms with Crippen molar-refractivity contribution in [2.45, 2.75) is 26.4 Å². The van der Waals surface area contributed by atoms with E-state index in [0.717, 1.165) is 0 Å². The molecule has 1 N–H and O–H groups in total. The summed E-state index contributed by atoms with van der Waals surface area (Å²) in [5.41, 5.74) is 0.891. The second-order valence-electron chi connectivity index (χ2n) is 8.20. The second-order valence-corrected chi connectivity index (χ2v) is 8.20. The van der Waals surface area contributed by atoms with E-state index in [2.05, 4.69) is 30.9 Å². The van der Waals surface area contributed by atoms with Gasteiger partial charge in [0.15, 0.2) is 5.82 Å². The summed E-state index contributed by atoms with van der Waals surface area (Å²) in [6, 6.07) is 9.57. The third kappa shape index (κ3) is 4.06. The Kier molecular flexibility index (Phi) is 5.64. The van der Waals surface area contributed by atoms with Crippen LogP contribution in [0.25, 0.3) is 28.0 Å². The van der Waals surface area contributed by atoms with Crippen LogP contribution in [-0.4, -0.2) is 42.4 Å². The average molecular weight is 453 g/mol. The van der Waals surface area contributed by atoms with Gasteiger partial charge in [0.25, 0.3) is 5.56 Å². The molecule has 0 saturated heterocycles. The molecule has 0 saturated carbocycles. The van der Waals surface area contributed by atoms with Gasteiger partial charge in [-0.1, -0.05) is 6.07 Å². The average Bonchev–Trinajstić information content (AvgIpc) is 3.35. The molecule has 0 aliphatic carbocycles. The van der Waals surface area contributed by atoms with E-state index in [-0.39, 0.29) is 52.4 Å². The van der Waals surface area contributed by atoms with E-state index in [0.29, 0.717) is 28.0 Å².